The Balaban J connectivity index is 2.44. The molecule has 0 spiro atoms. The number of fused-ring (bicyclic) bond motifs is 3. The lowest BCUT2D eigenvalue weighted by molar-refractivity contribution is 0.522. The molecule has 0 bridgehead atoms. The van der Waals surface area contributed by atoms with Crippen molar-refractivity contribution in [2.24, 2.45) is 0 Å². The summed E-state index contributed by atoms with van der Waals surface area (Å²) in [5.74, 6) is 1.82. The second-order valence-corrected chi connectivity index (χ2v) is 4.64. The maximum atomic E-state index is 5.94. The Kier molecular flexibility index (Phi) is 2.16. The maximum Gasteiger partial charge on any atom is 0.222 e. The molecule has 3 rings (SSSR count). The third-order valence-electron chi connectivity index (χ3n) is 2.99. The Morgan fingerprint density at radius 3 is 2.67 bits per heavy atom. The van der Waals surface area contributed by atoms with Crippen molar-refractivity contribution in [2.75, 3.05) is 11.5 Å². The summed E-state index contributed by atoms with van der Waals surface area (Å²) in [6, 6.07) is 5.73. The number of hydrogen-bond acceptors (Lipinski definition) is 5. The van der Waals surface area contributed by atoms with E-state index < -0.39 is 0 Å². The summed E-state index contributed by atoms with van der Waals surface area (Å²) in [5, 5.41) is 1.74. The molecule has 0 radical (unpaired) electrons. The lowest BCUT2D eigenvalue weighted by atomic mass is 10.1. The van der Waals surface area contributed by atoms with Gasteiger partial charge in [0.05, 0.1) is 10.9 Å². The van der Waals surface area contributed by atoms with Gasteiger partial charge in [0.1, 0.15) is 17.2 Å². The zero-order valence-corrected chi connectivity index (χ0v) is 10.3. The number of nitrogen functional groups attached to an aromatic ring is 2. The van der Waals surface area contributed by atoms with Crippen molar-refractivity contribution < 1.29 is 4.42 Å². The third kappa shape index (κ3) is 1.48. The number of nitrogens with two attached hydrogens (primary N) is 2. The Morgan fingerprint density at radius 2 is 1.94 bits per heavy atom. The fraction of sp³-hybridized carbons (Fsp3) is 0.231. The van der Waals surface area contributed by atoms with Crippen LogP contribution in [0.4, 0.5) is 11.8 Å². The first-order valence-corrected chi connectivity index (χ1v) is 5.81. The average Bonchev–Trinajstić information content (AvgIpc) is 2.71. The molecule has 0 aliphatic heterocycles. The van der Waals surface area contributed by atoms with Crippen LogP contribution in [0.15, 0.2) is 22.6 Å². The van der Waals surface area contributed by atoms with Crippen molar-refractivity contribution in [3.8, 4) is 0 Å². The van der Waals surface area contributed by atoms with E-state index in [1.165, 1.54) is 0 Å². The predicted octanol–water partition coefficient (Wildman–Crippen LogP) is 2.66. The molecule has 5 nitrogen and oxygen atoms in total. The zero-order chi connectivity index (χ0) is 12.9. The monoisotopic (exact) mass is 242 g/mol. The molecule has 2 aromatic heterocycles. The minimum atomic E-state index is 0.187. The Labute approximate surface area is 104 Å². The third-order valence-corrected chi connectivity index (χ3v) is 2.99. The van der Waals surface area contributed by atoms with Crippen molar-refractivity contribution in [2.45, 2.75) is 19.8 Å². The number of benzene rings is 1. The van der Waals surface area contributed by atoms with Crippen LogP contribution in [0.1, 0.15) is 25.5 Å². The number of anilines is 2. The fourth-order valence-corrected chi connectivity index (χ4v) is 2.09. The zero-order valence-electron chi connectivity index (χ0n) is 10.3. The lowest BCUT2D eigenvalue weighted by Crippen LogP contribution is -2.00. The van der Waals surface area contributed by atoms with Gasteiger partial charge in [0.25, 0.3) is 0 Å². The highest BCUT2D eigenvalue weighted by Gasteiger charge is 2.13. The predicted molar refractivity (Wildman–Crippen MR) is 72.2 cm³/mol. The van der Waals surface area contributed by atoms with Crippen LogP contribution in [0, 0.1) is 0 Å². The van der Waals surface area contributed by atoms with E-state index >= 15 is 0 Å². The molecule has 3 aromatic rings. The molecule has 0 unspecified atom stereocenters. The second-order valence-electron chi connectivity index (χ2n) is 4.64. The van der Waals surface area contributed by atoms with Gasteiger partial charge in [-0.15, -0.1) is 0 Å². The minimum absolute atomic E-state index is 0.187. The van der Waals surface area contributed by atoms with Crippen LogP contribution in [-0.4, -0.2) is 9.97 Å². The molecular formula is C13H14N4O. The fourth-order valence-electron chi connectivity index (χ4n) is 2.09. The van der Waals surface area contributed by atoms with Crippen molar-refractivity contribution in [3.63, 3.8) is 0 Å². The van der Waals surface area contributed by atoms with Gasteiger partial charge in [-0.1, -0.05) is 13.8 Å². The minimum Gasteiger partial charge on any atom is -0.461 e. The molecule has 18 heavy (non-hydrogen) atoms. The molecule has 0 amide bonds. The molecule has 2 heterocycles. The molecule has 0 fully saturated rings. The molecule has 92 valence electrons. The van der Waals surface area contributed by atoms with Crippen molar-refractivity contribution in [3.05, 3.63) is 24.0 Å². The lowest BCUT2D eigenvalue weighted by Gasteiger charge is -2.02. The van der Waals surface area contributed by atoms with Gasteiger partial charge in [-0.05, 0) is 18.2 Å². The molecule has 0 saturated heterocycles. The van der Waals surface area contributed by atoms with Gasteiger partial charge < -0.3 is 15.9 Å². The van der Waals surface area contributed by atoms with E-state index in [-0.39, 0.29) is 5.95 Å². The number of hydrogen-bond donors (Lipinski definition) is 2. The standard InChI is InChI=1S/C13H14N4O/c1-6(2)10-5-7-9(18-10)4-3-8-11(7)12(14)17-13(15)16-8/h3-6H,1-2H3,(H4,14,15,16,17). The Bertz CT molecular complexity index is 745. The Hall–Kier alpha value is -2.30. The largest absolute Gasteiger partial charge is 0.461 e. The van der Waals surface area contributed by atoms with Crippen LogP contribution in [0.2, 0.25) is 0 Å². The number of furan rings is 1. The van der Waals surface area contributed by atoms with E-state index in [2.05, 4.69) is 23.8 Å². The molecule has 0 aliphatic carbocycles. The first-order valence-electron chi connectivity index (χ1n) is 5.81. The summed E-state index contributed by atoms with van der Waals surface area (Å²) >= 11 is 0. The summed E-state index contributed by atoms with van der Waals surface area (Å²) in [4.78, 5) is 8.19. The van der Waals surface area contributed by atoms with Gasteiger partial charge in [0.2, 0.25) is 5.95 Å². The van der Waals surface area contributed by atoms with E-state index in [4.69, 9.17) is 15.9 Å². The molecule has 0 saturated carbocycles. The van der Waals surface area contributed by atoms with Crippen LogP contribution in [0.25, 0.3) is 21.9 Å². The van der Waals surface area contributed by atoms with Crippen LogP contribution < -0.4 is 11.5 Å². The summed E-state index contributed by atoms with van der Waals surface area (Å²) in [7, 11) is 0. The van der Waals surface area contributed by atoms with Crippen LogP contribution in [0.3, 0.4) is 0 Å². The number of aromatic nitrogens is 2. The first-order chi connectivity index (χ1) is 8.56. The van der Waals surface area contributed by atoms with Gasteiger partial charge in [0, 0.05) is 11.3 Å². The average molecular weight is 242 g/mol. The van der Waals surface area contributed by atoms with Gasteiger partial charge >= 0.3 is 0 Å². The van der Waals surface area contributed by atoms with Crippen LogP contribution in [-0.2, 0) is 0 Å². The quantitative estimate of drug-likeness (QED) is 0.684. The highest BCUT2D eigenvalue weighted by Crippen LogP contribution is 2.32. The topological polar surface area (TPSA) is 91.0 Å². The van der Waals surface area contributed by atoms with Crippen molar-refractivity contribution >= 4 is 33.6 Å². The summed E-state index contributed by atoms with van der Waals surface area (Å²) in [5.41, 5.74) is 13.1. The normalized spacial score (nSPS) is 11.7. The van der Waals surface area contributed by atoms with Gasteiger partial charge in [-0.3, -0.25) is 0 Å². The molecule has 0 atom stereocenters. The van der Waals surface area contributed by atoms with E-state index in [9.17, 15) is 0 Å². The van der Waals surface area contributed by atoms with Gasteiger partial charge in [-0.2, -0.15) is 4.98 Å². The van der Waals surface area contributed by atoms with Crippen LogP contribution in [0.5, 0.6) is 0 Å². The van der Waals surface area contributed by atoms with Crippen molar-refractivity contribution in [1.29, 1.82) is 0 Å². The summed E-state index contributed by atoms with van der Waals surface area (Å²) in [6.07, 6.45) is 0. The van der Waals surface area contributed by atoms with E-state index in [1.807, 2.05) is 18.2 Å². The second kappa shape index (κ2) is 3.60. The highest BCUT2D eigenvalue weighted by molar-refractivity contribution is 6.09. The van der Waals surface area contributed by atoms with Crippen molar-refractivity contribution in [1.82, 2.24) is 9.97 Å². The molecular weight excluding hydrogens is 228 g/mol. The molecule has 1 aromatic carbocycles. The van der Waals surface area contributed by atoms with E-state index in [0.29, 0.717) is 11.7 Å². The molecule has 5 heteroatoms. The van der Waals surface area contributed by atoms with Gasteiger partial charge in [0.15, 0.2) is 0 Å². The maximum absolute atomic E-state index is 5.94. The van der Waals surface area contributed by atoms with Gasteiger partial charge in [-0.25, -0.2) is 4.98 Å². The van der Waals surface area contributed by atoms with Crippen LogP contribution >= 0.6 is 0 Å². The van der Waals surface area contributed by atoms with E-state index in [0.717, 1.165) is 27.6 Å². The highest BCUT2D eigenvalue weighted by atomic mass is 16.3. The summed E-state index contributed by atoms with van der Waals surface area (Å²) in [6.45, 7) is 4.16. The number of nitrogens with zero attached hydrogens (tertiary/aromatic N) is 2. The summed E-state index contributed by atoms with van der Waals surface area (Å²) < 4.78 is 5.78. The SMILES string of the molecule is CC(C)c1cc2c(ccc3nc(N)nc(N)c32)o1. The Morgan fingerprint density at radius 1 is 1.17 bits per heavy atom. The van der Waals surface area contributed by atoms with E-state index in [1.54, 1.807) is 0 Å². The molecule has 4 N–H and O–H groups in total. The number of rotatable bonds is 1. The smallest absolute Gasteiger partial charge is 0.222 e. The first kappa shape index (κ1) is 10.8. The molecule has 0 aliphatic rings.